The van der Waals surface area contributed by atoms with Crippen LogP contribution < -0.4 is 5.32 Å². The number of nitrogens with one attached hydrogen (secondary N) is 1. The molecule has 0 saturated carbocycles. The molecule has 2 N–H and O–H groups in total. The van der Waals surface area contributed by atoms with Crippen molar-refractivity contribution in [3.63, 3.8) is 0 Å². The van der Waals surface area contributed by atoms with Crippen LogP contribution in [0.3, 0.4) is 0 Å². The van der Waals surface area contributed by atoms with E-state index >= 15 is 0 Å². The van der Waals surface area contributed by atoms with E-state index in [1.807, 2.05) is 6.92 Å². The molecule has 27 heavy (non-hydrogen) atoms. The lowest BCUT2D eigenvalue weighted by Crippen LogP contribution is -2.50. The molecule has 1 heterocycles. The third-order valence-corrected chi connectivity index (χ3v) is 4.68. The summed E-state index contributed by atoms with van der Waals surface area (Å²) in [5.41, 5.74) is -2.81. The summed E-state index contributed by atoms with van der Waals surface area (Å²) < 4.78 is 77.4. The first-order valence-electron chi connectivity index (χ1n) is 8.43. The number of benzene rings is 1. The Morgan fingerprint density at radius 1 is 1.15 bits per heavy atom. The highest BCUT2D eigenvalue weighted by Crippen LogP contribution is 2.36. The molecule has 1 amide bonds. The number of nitrogens with zero attached hydrogens (tertiary/aromatic N) is 1. The van der Waals surface area contributed by atoms with E-state index in [9.17, 15) is 31.1 Å². The summed E-state index contributed by atoms with van der Waals surface area (Å²) >= 11 is 0. The lowest BCUT2D eigenvalue weighted by Gasteiger charge is -2.37. The summed E-state index contributed by atoms with van der Waals surface area (Å²) in [6, 6.07) is 1.08. The van der Waals surface area contributed by atoms with Gasteiger partial charge in [-0.15, -0.1) is 0 Å². The number of piperidine rings is 1. The number of alkyl halides is 6. The Balaban J connectivity index is 2.12. The van der Waals surface area contributed by atoms with E-state index in [0.717, 1.165) is 0 Å². The van der Waals surface area contributed by atoms with Crippen molar-refractivity contribution in [2.45, 2.75) is 57.2 Å². The van der Waals surface area contributed by atoms with Gasteiger partial charge in [0.15, 0.2) is 0 Å². The first-order chi connectivity index (χ1) is 12.4. The fourth-order valence-corrected chi connectivity index (χ4v) is 3.26. The molecule has 2 rings (SSSR count). The number of rotatable bonds is 4. The average molecular weight is 398 g/mol. The summed E-state index contributed by atoms with van der Waals surface area (Å²) in [5, 5.41) is 12.1. The second-order valence-corrected chi connectivity index (χ2v) is 6.55. The minimum Gasteiger partial charge on any atom is -0.465 e. The van der Waals surface area contributed by atoms with Crippen molar-refractivity contribution >= 4 is 6.09 Å². The Labute approximate surface area is 152 Å². The molecule has 1 saturated heterocycles. The van der Waals surface area contributed by atoms with Crippen molar-refractivity contribution < 1.29 is 36.2 Å². The topological polar surface area (TPSA) is 52.6 Å². The maximum atomic E-state index is 12.9. The van der Waals surface area contributed by atoms with Crippen LogP contribution >= 0.6 is 0 Å². The zero-order valence-corrected chi connectivity index (χ0v) is 14.5. The molecule has 0 aromatic heterocycles. The highest BCUT2D eigenvalue weighted by Gasteiger charge is 2.37. The number of carboxylic acid groups (broad SMARTS) is 1. The maximum absolute atomic E-state index is 12.9. The molecule has 1 aliphatic heterocycles. The molecule has 2 atom stereocenters. The van der Waals surface area contributed by atoms with Crippen LogP contribution in [0, 0.1) is 0 Å². The first-order valence-corrected chi connectivity index (χ1v) is 8.43. The van der Waals surface area contributed by atoms with Crippen molar-refractivity contribution in [3.05, 3.63) is 34.9 Å². The first kappa shape index (κ1) is 21.3. The van der Waals surface area contributed by atoms with Gasteiger partial charge in [0.2, 0.25) is 0 Å². The predicted molar refractivity (Wildman–Crippen MR) is 85.1 cm³/mol. The Bertz CT molecular complexity index is 642. The molecule has 1 aliphatic rings. The van der Waals surface area contributed by atoms with Crippen molar-refractivity contribution in [2.75, 3.05) is 6.54 Å². The molecule has 0 bridgehead atoms. The minimum absolute atomic E-state index is 0.0992. The Hall–Kier alpha value is -1.97. The quantitative estimate of drug-likeness (QED) is 0.721. The van der Waals surface area contributed by atoms with Crippen LogP contribution in [0.15, 0.2) is 18.2 Å². The van der Waals surface area contributed by atoms with Gasteiger partial charge in [-0.2, -0.15) is 26.3 Å². The summed E-state index contributed by atoms with van der Waals surface area (Å²) in [6.07, 6.45) is -9.33. The van der Waals surface area contributed by atoms with Gasteiger partial charge >= 0.3 is 18.4 Å². The molecule has 1 fully saturated rings. The highest BCUT2D eigenvalue weighted by molar-refractivity contribution is 5.65. The summed E-state index contributed by atoms with van der Waals surface area (Å²) in [7, 11) is 0. The molecule has 10 heteroatoms. The SMILES string of the molecule is CCC1CC(NCc2cc(C(F)(F)F)cc(C(F)(F)F)c2)CCN1C(=O)O. The number of carbonyl (C=O) groups is 1. The molecule has 4 nitrogen and oxygen atoms in total. The van der Waals surface area contributed by atoms with E-state index in [4.69, 9.17) is 5.11 Å². The summed E-state index contributed by atoms with van der Waals surface area (Å²) in [6.45, 7) is 1.93. The average Bonchev–Trinajstić information content (AvgIpc) is 2.57. The lowest BCUT2D eigenvalue weighted by molar-refractivity contribution is -0.143. The van der Waals surface area contributed by atoms with Crippen LogP contribution in [0.25, 0.3) is 0 Å². The number of hydrogen-bond acceptors (Lipinski definition) is 2. The lowest BCUT2D eigenvalue weighted by atomic mass is 9.95. The van der Waals surface area contributed by atoms with Crippen molar-refractivity contribution in [1.82, 2.24) is 10.2 Å². The van der Waals surface area contributed by atoms with Gasteiger partial charge in [0.1, 0.15) is 0 Å². The monoisotopic (exact) mass is 398 g/mol. The van der Waals surface area contributed by atoms with Gasteiger partial charge in [-0.05, 0) is 43.0 Å². The van der Waals surface area contributed by atoms with Gasteiger partial charge in [0, 0.05) is 25.2 Å². The fourth-order valence-electron chi connectivity index (χ4n) is 3.26. The number of halogens is 6. The highest BCUT2D eigenvalue weighted by atomic mass is 19.4. The third kappa shape index (κ3) is 5.50. The van der Waals surface area contributed by atoms with Crippen molar-refractivity contribution in [1.29, 1.82) is 0 Å². The number of hydrogen-bond donors (Lipinski definition) is 2. The largest absolute Gasteiger partial charge is 0.465 e. The van der Waals surface area contributed by atoms with Crippen LogP contribution in [0.4, 0.5) is 31.1 Å². The van der Waals surface area contributed by atoms with Gasteiger partial charge in [0.25, 0.3) is 0 Å². The van der Waals surface area contributed by atoms with Crippen LogP contribution in [0.1, 0.15) is 42.9 Å². The molecular weight excluding hydrogens is 378 g/mol. The zero-order valence-electron chi connectivity index (χ0n) is 14.5. The van der Waals surface area contributed by atoms with E-state index in [1.54, 1.807) is 0 Å². The van der Waals surface area contributed by atoms with E-state index in [1.165, 1.54) is 4.90 Å². The normalized spacial score (nSPS) is 21.4. The zero-order chi connectivity index (χ0) is 20.4. The molecular formula is C17H20F6N2O2. The number of amides is 1. The number of likely N-dealkylation sites (tertiary alicyclic amines) is 1. The Kier molecular flexibility index (Phi) is 6.28. The van der Waals surface area contributed by atoms with E-state index < -0.39 is 29.6 Å². The van der Waals surface area contributed by atoms with E-state index in [2.05, 4.69) is 5.32 Å². The minimum atomic E-state index is -4.88. The Morgan fingerprint density at radius 3 is 2.15 bits per heavy atom. The molecule has 1 aromatic rings. The van der Waals surface area contributed by atoms with Crippen LogP contribution in [0.5, 0.6) is 0 Å². The molecule has 0 radical (unpaired) electrons. The van der Waals surface area contributed by atoms with Crippen molar-refractivity contribution in [3.8, 4) is 0 Å². The maximum Gasteiger partial charge on any atom is 0.416 e. The van der Waals surface area contributed by atoms with Crippen molar-refractivity contribution in [2.24, 2.45) is 0 Å². The van der Waals surface area contributed by atoms with Gasteiger partial charge < -0.3 is 15.3 Å². The van der Waals surface area contributed by atoms with Gasteiger partial charge in [-0.3, -0.25) is 0 Å². The third-order valence-electron chi connectivity index (χ3n) is 4.68. The van der Waals surface area contributed by atoms with Gasteiger partial charge in [0.05, 0.1) is 11.1 Å². The predicted octanol–water partition coefficient (Wildman–Crippen LogP) is 4.73. The molecule has 2 unspecified atom stereocenters. The molecule has 1 aromatic carbocycles. The van der Waals surface area contributed by atoms with Crippen LogP contribution in [-0.2, 0) is 18.9 Å². The molecule has 0 spiro atoms. The summed E-state index contributed by atoms with van der Waals surface area (Å²) in [4.78, 5) is 12.5. The second kappa shape index (κ2) is 7.95. The fraction of sp³-hybridized carbons (Fsp3) is 0.588. The second-order valence-electron chi connectivity index (χ2n) is 6.55. The Morgan fingerprint density at radius 2 is 1.70 bits per heavy atom. The summed E-state index contributed by atoms with van der Waals surface area (Å²) in [5.74, 6) is 0. The van der Waals surface area contributed by atoms with E-state index in [-0.39, 0.29) is 36.8 Å². The van der Waals surface area contributed by atoms with Crippen LogP contribution in [-0.4, -0.2) is 34.7 Å². The smallest absolute Gasteiger partial charge is 0.416 e. The van der Waals surface area contributed by atoms with Gasteiger partial charge in [-0.25, -0.2) is 4.79 Å². The molecule has 0 aliphatic carbocycles. The van der Waals surface area contributed by atoms with Crippen LogP contribution in [0.2, 0.25) is 0 Å². The van der Waals surface area contributed by atoms with E-state index in [0.29, 0.717) is 31.4 Å². The molecule has 152 valence electrons. The standard InChI is InChI=1S/C17H20F6N2O2/c1-2-14-8-13(3-4-25(14)15(26)27)24-9-10-5-11(16(18,19)20)7-12(6-10)17(21,22)23/h5-7,13-14,24H,2-4,8-9H2,1H3,(H,26,27). The van der Waals surface area contributed by atoms with Gasteiger partial charge in [-0.1, -0.05) is 6.92 Å².